The van der Waals surface area contributed by atoms with Crippen molar-refractivity contribution in [2.24, 2.45) is 0 Å². The van der Waals surface area contributed by atoms with Gasteiger partial charge in [0.1, 0.15) is 30.6 Å². The Morgan fingerprint density at radius 3 is 2.31 bits per heavy atom. The van der Waals surface area contributed by atoms with Crippen molar-refractivity contribution in [2.45, 2.75) is 20.1 Å². The van der Waals surface area contributed by atoms with E-state index in [1.165, 1.54) is 6.08 Å². The molecule has 0 radical (unpaired) electrons. The molecule has 0 bridgehead atoms. The lowest BCUT2D eigenvalue weighted by Crippen LogP contribution is -2.13. The fourth-order valence-corrected chi connectivity index (χ4v) is 3.89. The second-order valence-corrected chi connectivity index (χ2v) is 8.92. The third kappa shape index (κ3) is 8.13. The maximum absolute atomic E-state index is 12.8. The molecule has 1 N–H and O–H groups in total. The summed E-state index contributed by atoms with van der Waals surface area (Å²) in [6, 6.07) is 31.5. The van der Waals surface area contributed by atoms with Gasteiger partial charge in [-0.15, -0.1) is 0 Å². The van der Waals surface area contributed by atoms with E-state index in [9.17, 15) is 10.1 Å². The van der Waals surface area contributed by atoms with Gasteiger partial charge in [-0.3, -0.25) is 4.79 Å². The molecular formula is C32H27ClN2O4. The molecule has 0 saturated carbocycles. The van der Waals surface area contributed by atoms with Gasteiger partial charge in [0.25, 0.3) is 5.91 Å². The summed E-state index contributed by atoms with van der Waals surface area (Å²) >= 11 is 6.06. The van der Waals surface area contributed by atoms with Crippen LogP contribution < -0.4 is 19.5 Å². The molecule has 39 heavy (non-hydrogen) atoms. The smallest absolute Gasteiger partial charge is 0.266 e. The van der Waals surface area contributed by atoms with E-state index in [0.29, 0.717) is 53.3 Å². The molecular weight excluding hydrogens is 512 g/mol. The standard InChI is InChI=1S/C32H27ClN2O4/c1-2-37-31-19-24(11-16-30(31)39-22-25-9-6-10-27(33)18-25)17-26(20-34)32(36)35-28-12-14-29(15-13-28)38-21-23-7-4-3-5-8-23/h3-19H,2,21-22H2,1H3,(H,35,36)/b26-17+. The van der Waals surface area contributed by atoms with Crippen LogP contribution in [-0.2, 0) is 18.0 Å². The van der Waals surface area contributed by atoms with E-state index in [-0.39, 0.29) is 5.57 Å². The van der Waals surface area contributed by atoms with Crippen molar-refractivity contribution in [3.63, 3.8) is 0 Å². The average molecular weight is 539 g/mol. The molecule has 0 heterocycles. The number of ether oxygens (including phenoxy) is 3. The van der Waals surface area contributed by atoms with Crippen LogP contribution >= 0.6 is 11.6 Å². The number of benzene rings is 4. The van der Waals surface area contributed by atoms with E-state index >= 15 is 0 Å². The lowest BCUT2D eigenvalue weighted by molar-refractivity contribution is -0.112. The molecule has 0 spiro atoms. The highest BCUT2D eigenvalue weighted by molar-refractivity contribution is 6.30. The number of carbonyl (C=O) groups is 1. The SMILES string of the molecule is CCOc1cc(/C=C(\C#N)C(=O)Nc2ccc(OCc3ccccc3)cc2)ccc1OCc1cccc(Cl)c1. The molecule has 0 aliphatic rings. The van der Waals surface area contributed by atoms with Gasteiger partial charge in [-0.1, -0.05) is 60.1 Å². The van der Waals surface area contributed by atoms with Crippen molar-refractivity contribution in [3.05, 3.63) is 124 Å². The molecule has 0 aliphatic carbocycles. The van der Waals surface area contributed by atoms with Crippen LogP contribution in [0.1, 0.15) is 23.6 Å². The highest BCUT2D eigenvalue weighted by atomic mass is 35.5. The first-order valence-electron chi connectivity index (χ1n) is 12.4. The number of hydrogen-bond donors (Lipinski definition) is 1. The Balaban J connectivity index is 1.40. The molecule has 0 atom stereocenters. The molecule has 196 valence electrons. The third-order valence-electron chi connectivity index (χ3n) is 5.59. The molecule has 4 aromatic rings. The summed E-state index contributed by atoms with van der Waals surface area (Å²) < 4.78 is 17.5. The Bertz CT molecular complexity index is 1480. The van der Waals surface area contributed by atoms with E-state index in [0.717, 1.165) is 11.1 Å². The van der Waals surface area contributed by atoms with Crippen molar-refractivity contribution < 1.29 is 19.0 Å². The van der Waals surface area contributed by atoms with E-state index in [4.69, 9.17) is 25.8 Å². The minimum absolute atomic E-state index is 0.0468. The van der Waals surface area contributed by atoms with E-state index in [1.807, 2.05) is 61.5 Å². The molecule has 0 unspecified atom stereocenters. The van der Waals surface area contributed by atoms with Crippen LogP contribution in [0, 0.1) is 11.3 Å². The lowest BCUT2D eigenvalue weighted by Gasteiger charge is -2.13. The maximum atomic E-state index is 12.8. The number of nitriles is 1. The first kappa shape index (κ1) is 27.3. The van der Waals surface area contributed by atoms with Crippen LogP contribution in [0.15, 0.2) is 103 Å². The van der Waals surface area contributed by atoms with E-state index in [1.54, 1.807) is 48.5 Å². The van der Waals surface area contributed by atoms with Gasteiger partial charge in [-0.2, -0.15) is 5.26 Å². The number of nitrogens with zero attached hydrogens (tertiary/aromatic N) is 1. The maximum Gasteiger partial charge on any atom is 0.266 e. The second-order valence-electron chi connectivity index (χ2n) is 8.48. The quantitative estimate of drug-likeness (QED) is 0.158. The van der Waals surface area contributed by atoms with E-state index in [2.05, 4.69) is 5.32 Å². The normalized spacial score (nSPS) is 10.8. The minimum atomic E-state index is -0.519. The number of rotatable bonds is 11. The third-order valence-corrected chi connectivity index (χ3v) is 5.82. The van der Waals surface area contributed by atoms with Crippen LogP contribution in [0.5, 0.6) is 17.2 Å². The lowest BCUT2D eigenvalue weighted by atomic mass is 10.1. The summed E-state index contributed by atoms with van der Waals surface area (Å²) in [5.74, 6) is 1.22. The minimum Gasteiger partial charge on any atom is -0.490 e. The molecule has 4 aromatic carbocycles. The fourth-order valence-electron chi connectivity index (χ4n) is 3.68. The van der Waals surface area contributed by atoms with Crippen molar-refractivity contribution in [1.29, 1.82) is 5.26 Å². The molecule has 6 nitrogen and oxygen atoms in total. The van der Waals surface area contributed by atoms with Crippen LogP contribution in [0.25, 0.3) is 6.08 Å². The summed E-state index contributed by atoms with van der Waals surface area (Å²) in [6.45, 7) is 3.06. The molecule has 1 amide bonds. The van der Waals surface area contributed by atoms with Crippen molar-refractivity contribution in [1.82, 2.24) is 0 Å². The molecule has 0 fully saturated rings. The number of hydrogen-bond acceptors (Lipinski definition) is 5. The zero-order valence-corrected chi connectivity index (χ0v) is 22.2. The predicted octanol–water partition coefficient (Wildman–Crippen LogP) is 7.44. The fraction of sp³-hybridized carbons (Fsp3) is 0.125. The first-order valence-corrected chi connectivity index (χ1v) is 12.8. The number of amides is 1. The Hall–Kier alpha value is -4.73. The van der Waals surface area contributed by atoms with Gasteiger partial charge < -0.3 is 19.5 Å². The predicted molar refractivity (Wildman–Crippen MR) is 153 cm³/mol. The summed E-state index contributed by atoms with van der Waals surface area (Å²) in [5, 5.41) is 13.0. The highest BCUT2D eigenvalue weighted by Gasteiger charge is 2.12. The average Bonchev–Trinajstić information content (AvgIpc) is 2.96. The zero-order valence-electron chi connectivity index (χ0n) is 21.4. The zero-order chi connectivity index (χ0) is 27.5. The monoisotopic (exact) mass is 538 g/mol. The van der Waals surface area contributed by atoms with Gasteiger partial charge in [0.2, 0.25) is 0 Å². The molecule has 4 rings (SSSR count). The highest BCUT2D eigenvalue weighted by Crippen LogP contribution is 2.30. The molecule has 0 aliphatic heterocycles. The Morgan fingerprint density at radius 2 is 1.59 bits per heavy atom. The topological polar surface area (TPSA) is 80.6 Å². The largest absolute Gasteiger partial charge is 0.490 e. The molecule has 0 aromatic heterocycles. The van der Waals surface area contributed by atoms with Gasteiger partial charge in [-0.05, 0) is 78.2 Å². The number of anilines is 1. The van der Waals surface area contributed by atoms with Crippen molar-refractivity contribution in [3.8, 4) is 23.3 Å². The van der Waals surface area contributed by atoms with Crippen LogP contribution in [0.3, 0.4) is 0 Å². The number of halogens is 1. The Morgan fingerprint density at radius 1 is 0.846 bits per heavy atom. The number of carbonyl (C=O) groups excluding carboxylic acids is 1. The Kier molecular flexibility index (Phi) is 9.60. The van der Waals surface area contributed by atoms with Crippen LogP contribution in [0.4, 0.5) is 5.69 Å². The summed E-state index contributed by atoms with van der Waals surface area (Å²) in [7, 11) is 0. The number of nitrogens with one attached hydrogen (secondary N) is 1. The first-order chi connectivity index (χ1) is 19.0. The van der Waals surface area contributed by atoms with Gasteiger partial charge >= 0.3 is 0 Å². The van der Waals surface area contributed by atoms with Crippen LogP contribution in [-0.4, -0.2) is 12.5 Å². The van der Waals surface area contributed by atoms with Crippen molar-refractivity contribution in [2.75, 3.05) is 11.9 Å². The summed E-state index contributed by atoms with van der Waals surface area (Å²) in [5.41, 5.74) is 3.12. The van der Waals surface area contributed by atoms with Crippen molar-refractivity contribution >= 4 is 29.3 Å². The van der Waals surface area contributed by atoms with Crippen LogP contribution in [0.2, 0.25) is 5.02 Å². The van der Waals surface area contributed by atoms with E-state index < -0.39 is 5.91 Å². The van der Waals surface area contributed by atoms with Gasteiger partial charge in [0.15, 0.2) is 11.5 Å². The molecule has 0 saturated heterocycles. The summed E-state index contributed by atoms with van der Waals surface area (Å²) in [4.78, 5) is 12.8. The van der Waals surface area contributed by atoms with Gasteiger partial charge in [0.05, 0.1) is 6.61 Å². The summed E-state index contributed by atoms with van der Waals surface area (Å²) in [6.07, 6.45) is 1.51. The Labute approximate surface area is 233 Å². The van der Waals surface area contributed by atoms with Gasteiger partial charge in [-0.25, -0.2) is 0 Å². The second kappa shape index (κ2) is 13.7. The van der Waals surface area contributed by atoms with Gasteiger partial charge in [0, 0.05) is 10.7 Å². The molecule has 7 heteroatoms.